The van der Waals surface area contributed by atoms with E-state index in [9.17, 15) is 5.11 Å². The van der Waals surface area contributed by atoms with Crippen molar-refractivity contribution in [3.8, 4) is 0 Å². The molecule has 1 saturated heterocycles. The number of hydrogen-bond acceptors (Lipinski definition) is 3. The van der Waals surface area contributed by atoms with Gasteiger partial charge in [-0.05, 0) is 38.2 Å². The van der Waals surface area contributed by atoms with E-state index in [4.69, 9.17) is 10.5 Å². The molecule has 3 nitrogen and oxygen atoms in total. The van der Waals surface area contributed by atoms with Gasteiger partial charge >= 0.3 is 0 Å². The predicted molar refractivity (Wildman–Crippen MR) is 77.1 cm³/mol. The van der Waals surface area contributed by atoms with Crippen molar-refractivity contribution in [2.75, 3.05) is 13.2 Å². The lowest BCUT2D eigenvalue weighted by Crippen LogP contribution is -2.45. The molecule has 3 atom stereocenters. The van der Waals surface area contributed by atoms with E-state index in [0.717, 1.165) is 37.9 Å². The summed E-state index contributed by atoms with van der Waals surface area (Å²) in [6.45, 7) is 3.18. The molecule has 1 aromatic carbocycles. The van der Waals surface area contributed by atoms with Gasteiger partial charge in [0.25, 0.3) is 0 Å². The SMILES string of the molecule is CC(O)C(CN)(CCC1CCCO1)c1ccccc1. The van der Waals surface area contributed by atoms with E-state index in [0.29, 0.717) is 12.6 Å². The van der Waals surface area contributed by atoms with Gasteiger partial charge in [-0.1, -0.05) is 30.3 Å². The van der Waals surface area contributed by atoms with Crippen molar-refractivity contribution in [2.45, 2.75) is 50.2 Å². The number of aliphatic hydroxyl groups excluding tert-OH is 1. The average Bonchev–Trinajstić information content (AvgIpc) is 2.94. The van der Waals surface area contributed by atoms with Gasteiger partial charge in [-0.2, -0.15) is 0 Å². The van der Waals surface area contributed by atoms with Crippen LogP contribution in [-0.4, -0.2) is 30.5 Å². The quantitative estimate of drug-likeness (QED) is 0.827. The van der Waals surface area contributed by atoms with Crippen LogP contribution in [0.4, 0.5) is 0 Å². The molecule has 0 aromatic heterocycles. The Morgan fingerprint density at radius 2 is 2.16 bits per heavy atom. The van der Waals surface area contributed by atoms with Crippen molar-refractivity contribution in [2.24, 2.45) is 5.73 Å². The normalized spacial score (nSPS) is 24.1. The van der Waals surface area contributed by atoms with Crippen LogP contribution >= 0.6 is 0 Å². The second kappa shape index (κ2) is 6.51. The summed E-state index contributed by atoms with van der Waals surface area (Å²) in [7, 11) is 0. The van der Waals surface area contributed by atoms with Crippen LogP contribution in [0, 0.1) is 0 Å². The van der Waals surface area contributed by atoms with E-state index in [1.165, 1.54) is 0 Å². The summed E-state index contributed by atoms with van der Waals surface area (Å²) < 4.78 is 5.69. The Labute approximate surface area is 115 Å². The molecule has 0 radical (unpaired) electrons. The van der Waals surface area contributed by atoms with Crippen LogP contribution in [0.1, 0.15) is 38.2 Å². The molecule has 2 rings (SSSR count). The first-order chi connectivity index (χ1) is 9.19. The Balaban J connectivity index is 2.14. The standard InChI is InChI=1S/C16H25NO2/c1-13(18)16(12-17,14-6-3-2-4-7-14)10-9-15-8-5-11-19-15/h2-4,6-7,13,15,18H,5,8-12,17H2,1H3. The number of hydrogen-bond donors (Lipinski definition) is 2. The molecule has 0 saturated carbocycles. The smallest absolute Gasteiger partial charge is 0.0620 e. The molecule has 3 N–H and O–H groups in total. The number of nitrogens with two attached hydrogens (primary N) is 1. The van der Waals surface area contributed by atoms with Gasteiger partial charge in [-0.3, -0.25) is 0 Å². The number of ether oxygens (including phenoxy) is 1. The Kier molecular flexibility index (Phi) is 4.97. The van der Waals surface area contributed by atoms with Crippen molar-refractivity contribution in [3.63, 3.8) is 0 Å². The predicted octanol–water partition coefficient (Wildman–Crippen LogP) is 2.22. The van der Waals surface area contributed by atoms with E-state index in [1.807, 2.05) is 25.1 Å². The molecule has 1 aromatic rings. The third-order valence-electron chi connectivity index (χ3n) is 4.45. The van der Waals surface area contributed by atoms with Gasteiger partial charge in [0.1, 0.15) is 0 Å². The molecule has 3 heteroatoms. The molecule has 1 aliphatic rings. The maximum Gasteiger partial charge on any atom is 0.0620 e. The summed E-state index contributed by atoms with van der Waals surface area (Å²) in [5, 5.41) is 10.3. The lowest BCUT2D eigenvalue weighted by molar-refractivity contribution is 0.0627. The van der Waals surface area contributed by atoms with Crippen molar-refractivity contribution in [3.05, 3.63) is 35.9 Å². The molecule has 0 spiro atoms. The molecule has 106 valence electrons. The van der Waals surface area contributed by atoms with Crippen LogP contribution in [0.25, 0.3) is 0 Å². The zero-order chi connectivity index (χ0) is 13.7. The van der Waals surface area contributed by atoms with Crippen molar-refractivity contribution >= 4 is 0 Å². The van der Waals surface area contributed by atoms with E-state index < -0.39 is 6.10 Å². The van der Waals surface area contributed by atoms with Crippen molar-refractivity contribution in [1.29, 1.82) is 0 Å². The average molecular weight is 263 g/mol. The van der Waals surface area contributed by atoms with E-state index in [-0.39, 0.29) is 5.41 Å². The minimum absolute atomic E-state index is 0.341. The van der Waals surface area contributed by atoms with Crippen LogP contribution < -0.4 is 5.73 Å². The molecule has 0 amide bonds. The summed E-state index contributed by atoms with van der Waals surface area (Å²) in [5.41, 5.74) is 6.80. The molecular formula is C16H25NO2. The molecule has 0 bridgehead atoms. The van der Waals surface area contributed by atoms with Gasteiger partial charge < -0.3 is 15.6 Å². The monoisotopic (exact) mass is 263 g/mol. The van der Waals surface area contributed by atoms with Gasteiger partial charge in [-0.15, -0.1) is 0 Å². The lowest BCUT2D eigenvalue weighted by atomic mass is 9.72. The second-order valence-corrected chi connectivity index (χ2v) is 5.58. The fourth-order valence-corrected chi connectivity index (χ4v) is 3.05. The van der Waals surface area contributed by atoms with Crippen LogP contribution in [0.5, 0.6) is 0 Å². The van der Waals surface area contributed by atoms with Crippen LogP contribution in [0.15, 0.2) is 30.3 Å². The Bertz CT molecular complexity index is 374. The van der Waals surface area contributed by atoms with Gasteiger partial charge in [0.2, 0.25) is 0 Å². The lowest BCUT2D eigenvalue weighted by Gasteiger charge is -2.37. The largest absolute Gasteiger partial charge is 0.392 e. The highest BCUT2D eigenvalue weighted by molar-refractivity contribution is 5.27. The van der Waals surface area contributed by atoms with Gasteiger partial charge in [0.15, 0.2) is 0 Å². The fraction of sp³-hybridized carbons (Fsp3) is 0.625. The first-order valence-corrected chi connectivity index (χ1v) is 7.24. The number of aliphatic hydroxyl groups is 1. The van der Waals surface area contributed by atoms with Crippen molar-refractivity contribution in [1.82, 2.24) is 0 Å². The minimum Gasteiger partial charge on any atom is -0.392 e. The Hall–Kier alpha value is -0.900. The fourth-order valence-electron chi connectivity index (χ4n) is 3.05. The summed E-state index contributed by atoms with van der Waals surface area (Å²) in [5.74, 6) is 0. The summed E-state index contributed by atoms with van der Waals surface area (Å²) in [4.78, 5) is 0. The molecule has 1 fully saturated rings. The highest BCUT2D eigenvalue weighted by Crippen LogP contribution is 2.34. The topological polar surface area (TPSA) is 55.5 Å². The zero-order valence-electron chi connectivity index (χ0n) is 11.7. The van der Waals surface area contributed by atoms with Crippen LogP contribution in [0.3, 0.4) is 0 Å². The first kappa shape index (κ1) is 14.5. The van der Waals surface area contributed by atoms with Crippen LogP contribution in [0.2, 0.25) is 0 Å². The van der Waals surface area contributed by atoms with E-state index >= 15 is 0 Å². The summed E-state index contributed by atoms with van der Waals surface area (Å²) in [6.07, 6.45) is 4.01. The van der Waals surface area contributed by atoms with Gasteiger partial charge in [0.05, 0.1) is 12.2 Å². The molecule has 3 unspecified atom stereocenters. The summed E-state index contributed by atoms with van der Waals surface area (Å²) in [6, 6.07) is 10.1. The maximum atomic E-state index is 10.3. The number of benzene rings is 1. The Morgan fingerprint density at radius 1 is 1.42 bits per heavy atom. The summed E-state index contributed by atoms with van der Waals surface area (Å²) >= 11 is 0. The highest BCUT2D eigenvalue weighted by atomic mass is 16.5. The van der Waals surface area contributed by atoms with Crippen LogP contribution in [-0.2, 0) is 10.2 Å². The second-order valence-electron chi connectivity index (χ2n) is 5.58. The van der Waals surface area contributed by atoms with E-state index in [1.54, 1.807) is 0 Å². The van der Waals surface area contributed by atoms with Gasteiger partial charge in [-0.25, -0.2) is 0 Å². The van der Waals surface area contributed by atoms with E-state index in [2.05, 4.69) is 12.1 Å². The third-order valence-corrected chi connectivity index (χ3v) is 4.45. The molecule has 0 aliphatic carbocycles. The Morgan fingerprint density at radius 3 is 2.68 bits per heavy atom. The molecule has 1 aliphatic heterocycles. The zero-order valence-corrected chi connectivity index (χ0v) is 11.7. The maximum absolute atomic E-state index is 10.3. The molecule has 19 heavy (non-hydrogen) atoms. The number of rotatable bonds is 6. The highest BCUT2D eigenvalue weighted by Gasteiger charge is 2.36. The third kappa shape index (κ3) is 3.16. The molecular weight excluding hydrogens is 238 g/mol. The molecule has 1 heterocycles. The van der Waals surface area contributed by atoms with Crippen molar-refractivity contribution < 1.29 is 9.84 Å². The minimum atomic E-state index is -0.457. The van der Waals surface area contributed by atoms with Gasteiger partial charge in [0, 0.05) is 18.6 Å². The first-order valence-electron chi connectivity index (χ1n) is 7.24.